The third-order valence-electron chi connectivity index (χ3n) is 3.37. The SMILES string of the molecule is NC(=NO)c1ccc(N(Cc2ccsc2)C2CC2)nc1. The fourth-order valence-corrected chi connectivity index (χ4v) is 2.79. The molecule has 0 bridgehead atoms. The lowest BCUT2D eigenvalue weighted by atomic mass is 10.2. The molecule has 1 fully saturated rings. The second kappa shape index (κ2) is 5.50. The second-order valence-corrected chi connectivity index (χ2v) is 5.66. The zero-order chi connectivity index (χ0) is 13.9. The Morgan fingerprint density at radius 1 is 1.45 bits per heavy atom. The molecule has 0 spiro atoms. The zero-order valence-corrected chi connectivity index (χ0v) is 11.8. The monoisotopic (exact) mass is 288 g/mol. The molecule has 1 aliphatic rings. The molecule has 0 atom stereocenters. The van der Waals surface area contributed by atoms with Gasteiger partial charge in [0.1, 0.15) is 5.82 Å². The summed E-state index contributed by atoms with van der Waals surface area (Å²) in [6.45, 7) is 0.879. The second-order valence-electron chi connectivity index (χ2n) is 4.88. The molecule has 6 heteroatoms. The van der Waals surface area contributed by atoms with Gasteiger partial charge >= 0.3 is 0 Å². The van der Waals surface area contributed by atoms with E-state index < -0.39 is 0 Å². The van der Waals surface area contributed by atoms with Crippen LogP contribution in [-0.4, -0.2) is 22.1 Å². The molecular formula is C14H16N4OS. The molecule has 1 aliphatic carbocycles. The van der Waals surface area contributed by atoms with Crippen molar-refractivity contribution in [2.24, 2.45) is 10.9 Å². The van der Waals surface area contributed by atoms with Gasteiger partial charge in [-0.3, -0.25) is 0 Å². The number of thiophene rings is 1. The number of rotatable bonds is 5. The summed E-state index contributed by atoms with van der Waals surface area (Å²) in [7, 11) is 0. The van der Waals surface area contributed by atoms with Gasteiger partial charge in [-0.25, -0.2) is 4.98 Å². The number of aromatic nitrogens is 1. The van der Waals surface area contributed by atoms with Crippen molar-refractivity contribution in [1.29, 1.82) is 0 Å². The van der Waals surface area contributed by atoms with Gasteiger partial charge in [-0.05, 0) is 47.4 Å². The van der Waals surface area contributed by atoms with E-state index in [-0.39, 0.29) is 5.84 Å². The van der Waals surface area contributed by atoms with Crippen LogP contribution in [-0.2, 0) is 6.54 Å². The van der Waals surface area contributed by atoms with Crippen LogP contribution in [0.25, 0.3) is 0 Å². The average molecular weight is 288 g/mol. The normalized spacial score (nSPS) is 15.3. The van der Waals surface area contributed by atoms with E-state index in [4.69, 9.17) is 10.9 Å². The molecule has 2 heterocycles. The molecule has 0 radical (unpaired) electrons. The standard InChI is InChI=1S/C14H16N4OS/c15-14(17-19)11-1-4-13(16-7-11)18(12-2-3-12)8-10-5-6-20-9-10/h1,4-7,9,12,19H,2-3,8H2,(H2,15,17). The molecule has 3 N–H and O–H groups in total. The molecule has 2 aromatic heterocycles. The van der Waals surface area contributed by atoms with Crippen molar-refractivity contribution in [2.45, 2.75) is 25.4 Å². The van der Waals surface area contributed by atoms with Crippen molar-refractivity contribution in [2.75, 3.05) is 4.90 Å². The first kappa shape index (κ1) is 12.9. The maximum absolute atomic E-state index is 8.66. The van der Waals surface area contributed by atoms with Crippen LogP contribution in [0.4, 0.5) is 5.82 Å². The van der Waals surface area contributed by atoms with Gasteiger partial charge in [0, 0.05) is 24.3 Å². The summed E-state index contributed by atoms with van der Waals surface area (Å²) in [5, 5.41) is 15.9. The van der Waals surface area contributed by atoms with Crippen molar-refractivity contribution < 1.29 is 5.21 Å². The number of anilines is 1. The van der Waals surface area contributed by atoms with Crippen LogP contribution >= 0.6 is 11.3 Å². The molecule has 0 saturated heterocycles. The first-order chi connectivity index (χ1) is 9.78. The Morgan fingerprint density at radius 2 is 2.30 bits per heavy atom. The van der Waals surface area contributed by atoms with Gasteiger partial charge in [-0.1, -0.05) is 5.16 Å². The lowest BCUT2D eigenvalue weighted by molar-refractivity contribution is 0.318. The van der Waals surface area contributed by atoms with E-state index in [2.05, 4.69) is 31.9 Å². The highest BCUT2D eigenvalue weighted by Gasteiger charge is 2.30. The number of hydrogen-bond donors (Lipinski definition) is 2. The average Bonchev–Trinajstić information content (AvgIpc) is 3.21. The molecule has 5 nitrogen and oxygen atoms in total. The minimum absolute atomic E-state index is 0.0832. The van der Waals surface area contributed by atoms with Crippen molar-refractivity contribution >= 4 is 23.0 Å². The molecule has 20 heavy (non-hydrogen) atoms. The Labute approximate surface area is 121 Å². The lowest BCUT2D eigenvalue weighted by Gasteiger charge is -2.23. The van der Waals surface area contributed by atoms with Crippen LogP contribution in [0.1, 0.15) is 24.0 Å². The molecule has 0 aliphatic heterocycles. The smallest absolute Gasteiger partial charge is 0.171 e. The molecule has 1 saturated carbocycles. The van der Waals surface area contributed by atoms with Crippen LogP contribution in [0.15, 0.2) is 40.3 Å². The summed E-state index contributed by atoms with van der Waals surface area (Å²) >= 11 is 1.71. The van der Waals surface area contributed by atoms with Crippen molar-refractivity contribution in [3.05, 3.63) is 46.3 Å². The van der Waals surface area contributed by atoms with Crippen LogP contribution in [0, 0.1) is 0 Å². The van der Waals surface area contributed by atoms with Gasteiger partial charge in [0.25, 0.3) is 0 Å². The molecule has 0 aromatic carbocycles. The summed E-state index contributed by atoms with van der Waals surface area (Å²) < 4.78 is 0. The Balaban J connectivity index is 1.81. The predicted molar refractivity (Wildman–Crippen MR) is 80.3 cm³/mol. The third kappa shape index (κ3) is 2.75. The first-order valence-electron chi connectivity index (χ1n) is 6.49. The quantitative estimate of drug-likeness (QED) is 0.383. The molecule has 104 valence electrons. The van der Waals surface area contributed by atoms with Crippen LogP contribution < -0.4 is 10.6 Å². The Morgan fingerprint density at radius 3 is 2.85 bits per heavy atom. The summed E-state index contributed by atoms with van der Waals surface area (Å²) in [5.74, 6) is 1.02. The fraction of sp³-hybridized carbons (Fsp3) is 0.286. The van der Waals surface area contributed by atoms with Crippen molar-refractivity contribution in [3.8, 4) is 0 Å². The van der Waals surface area contributed by atoms with Crippen molar-refractivity contribution in [3.63, 3.8) is 0 Å². The zero-order valence-electron chi connectivity index (χ0n) is 10.9. The van der Waals surface area contributed by atoms with Gasteiger partial charge in [-0.2, -0.15) is 11.3 Å². The maximum atomic E-state index is 8.66. The molecular weight excluding hydrogens is 272 g/mol. The number of pyridine rings is 1. The maximum Gasteiger partial charge on any atom is 0.171 e. The van der Waals surface area contributed by atoms with Crippen LogP contribution in [0.2, 0.25) is 0 Å². The predicted octanol–water partition coefficient (Wildman–Crippen LogP) is 2.41. The lowest BCUT2D eigenvalue weighted by Crippen LogP contribution is -2.26. The van der Waals surface area contributed by atoms with E-state index in [1.165, 1.54) is 18.4 Å². The highest BCUT2D eigenvalue weighted by atomic mass is 32.1. The highest BCUT2D eigenvalue weighted by molar-refractivity contribution is 7.07. The number of hydrogen-bond acceptors (Lipinski definition) is 5. The molecule has 0 amide bonds. The number of nitrogens with two attached hydrogens (primary N) is 1. The van der Waals surface area contributed by atoms with E-state index in [1.807, 2.05) is 12.1 Å². The number of amidine groups is 1. The summed E-state index contributed by atoms with van der Waals surface area (Å²) in [4.78, 5) is 6.76. The Hall–Kier alpha value is -2.08. The van der Waals surface area contributed by atoms with E-state index in [1.54, 1.807) is 17.5 Å². The van der Waals surface area contributed by atoms with Gasteiger partial charge in [-0.15, -0.1) is 0 Å². The van der Waals surface area contributed by atoms with E-state index >= 15 is 0 Å². The first-order valence-corrected chi connectivity index (χ1v) is 7.44. The summed E-state index contributed by atoms with van der Waals surface area (Å²) in [6, 6.07) is 6.49. The Bertz CT molecular complexity index is 590. The van der Waals surface area contributed by atoms with Gasteiger partial charge < -0.3 is 15.8 Å². The topological polar surface area (TPSA) is 74.7 Å². The Kier molecular flexibility index (Phi) is 3.56. The van der Waals surface area contributed by atoms with Crippen molar-refractivity contribution in [1.82, 2.24) is 4.98 Å². The number of nitrogens with zero attached hydrogens (tertiary/aromatic N) is 3. The fourth-order valence-electron chi connectivity index (χ4n) is 2.13. The highest BCUT2D eigenvalue weighted by Crippen LogP contribution is 2.32. The summed E-state index contributed by atoms with van der Waals surface area (Å²) in [5.41, 5.74) is 7.49. The van der Waals surface area contributed by atoms with Crippen LogP contribution in [0.5, 0.6) is 0 Å². The van der Waals surface area contributed by atoms with E-state index in [0.717, 1.165) is 12.4 Å². The molecule has 3 rings (SSSR count). The van der Waals surface area contributed by atoms with Gasteiger partial charge in [0.05, 0.1) is 0 Å². The largest absolute Gasteiger partial charge is 0.409 e. The molecule has 2 aromatic rings. The third-order valence-corrected chi connectivity index (χ3v) is 4.10. The number of oxime groups is 1. The van der Waals surface area contributed by atoms with E-state index in [9.17, 15) is 0 Å². The van der Waals surface area contributed by atoms with Gasteiger partial charge in [0.15, 0.2) is 5.84 Å². The van der Waals surface area contributed by atoms with E-state index in [0.29, 0.717) is 11.6 Å². The van der Waals surface area contributed by atoms with Gasteiger partial charge in [0.2, 0.25) is 0 Å². The minimum atomic E-state index is 0.0832. The minimum Gasteiger partial charge on any atom is -0.409 e. The van der Waals surface area contributed by atoms with Crippen LogP contribution in [0.3, 0.4) is 0 Å². The molecule has 0 unspecified atom stereocenters. The summed E-state index contributed by atoms with van der Waals surface area (Å²) in [6.07, 6.45) is 4.08.